The molecule has 0 heterocycles. The van der Waals surface area contributed by atoms with Gasteiger partial charge in [-0.15, -0.1) is 0 Å². The van der Waals surface area contributed by atoms with Crippen molar-refractivity contribution >= 4 is 27.8 Å². The van der Waals surface area contributed by atoms with Crippen LogP contribution in [0.4, 0.5) is 0 Å². The van der Waals surface area contributed by atoms with Crippen molar-refractivity contribution in [3.63, 3.8) is 0 Å². The SMILES string of the molecule is O=Cc1ccc2cc3[c]cccc3cc2c1. The summed E-state index contributed by atoms with van der Waals surface area (Å²) in [6.07, 6.45) is 0.876. The monoisotopic (exact) mass is 205 g/mol. The van der Waals surface area contributed by atoms with E-state index in [1.165, 1.54) is 0 Å². The lowest BCUT2D eigenvalue weighted by molar-refractivity contribution is 0.112. The van der Waals surface area contributed by atoms with Crippen molar-refractivity contribution in [3.05, 3.63) is 60.2 Å². The van der Waals surface area contributed by atoms with Crippen molar-refractivity contribution in [1.82, 2.24) is 0 Å². The van der Waals surface area contributed by atoms with E-state index in [9.17, 15) is 4.79 Å². The van der Waals surface area contributed by atoms with Gasteiger partial charge in [-0.25, -0.2) is 0 Å². The molecule has 0 aliphatic carbocycles. The van der Waals surface area contributed by atoms with Crippen molar-refractivity contribution < 1.29 is 4.79 Å². The third-order valence-electron chi connectivity index (χ3n) is 2.78. The molecule has 75 valence electrons. The van der Waals surface area contributed by atoms with Gasteiger partial charge in [0.1, 0.15) is 6.29 Å². The van der Waals surface area contributed by atoms with Gasteiger partial charge in [-0.2, -0.15) is 0 Å². The molecule has 0 atom stereocenters. The number of hydrogen-bond donors (Lipinski definition) is 0. The Balaban J connectivity index is 2.41. The maximum atomic E-state index is 10.7. The second kappa shape index (κ2) is 3.46. The fourth-order valence-electron chi connectivity index (χ4n) is 1.96. The molecule has 0 unspecified atom stereocenters. The molecule has 1 radical (unpaired) electrons. The lowest BCUT2D eigenvalue weighted by Crippen LogP contribution is -1.81. The van der Waals surface area contributed by atoms with Gasteiger partial charge in [-0.05, 0) is 45.8 Å². The average molecular weight is 205 g/mol. The summed E-state index contributed by atoms with van der Waals surface area (Å²) in [5.41, 5.74) is 0.715. The largest absolute Gasteiger partial charge is 0.298 e. The van der Waals surface area contributed by atoms with E-state index in [1.807, 2.05) is 30.3 Å². The molecule has 3 aromatic rings. The minimum atomic E-state index is 0.715. The smallest absolute Gasteiger partial charge is 0.150 e. The van der Waals surface area contributed by atoms with E-state index < -0.39 is 0 Å². The summed E-state index contributed by atoms with van der Waals surface area (Å²) < 4.78 is 0. The molecule has 16 heavy (non-hydrogen) atoms. The van der Waals surface area contributed by atoms with Gasteiger partial charge in [-0.1, -0.05) is 30.3 Å². The van der Waals surface area contributed by atoms with Crippen LogP contribution >= 0.6 is 0 Å². The highest BCUT2D eigenvalue weighted by Gasteiger charge is 1.98. The third kappa shape index (κ3) is 1.38. The number of benzene rings is 3. The number of fused-ring (bicyclic) bond motifs is 2. The zero-order valence-corrected chi connectivity index (χ0v) is 8.60. The van der Waals surface area contributed by atoms with Crippen LogP contribution in [0.25, 0.3) is 21.5 Å². The predicted octanol–water partition coefficient (Wildman–Crippen LogP) is 3.61. The minimum Gasteiger partial charge on any atom is -0.298 e. The Hall–Kier alpha value is -2.15. The lowest BCUT2D eigenvalue weighted by atomic mass is 10.0. The van der Waals surface area contributed by atoms with Gasteiger partial charge in [0.15, 0.2) is 0 Å². The number of aldehydes is 1. The van der Waals surface area contributed by atoms with E-state index in [0.29, 0.717) is 5.56 Å². The highest BCUT2D eigenvalue weighted by Crippen LogP contribution is 2.22. The highest BCUT2D eigenvalue weighted by molar-refractivity contribution is 5.99. The molecule has 0 N–H and O–H groups in total. The summed E-state index contributed by atoms with van der Waals surface area (Å²) in [6.45, 7) is 0. The van der Waals surface area contributed by atoms with Gasteiger partial charge in [-0.3, -0.25) is 4.79 Å². The fraction of sp³-hybridized carbons (Fsp3) is 0. The highest BCUT2D eigenvalue weighted by atomic mass is 16.1. The van der Waals surface area contributed by atoms with Gasteiger partial charge in [0.2, 0.25) is 0 Å². The molecule has 0 aromatic heterocycles. The molecule has 3 aromatic carbocycles. The fourth-order valence-corrected chi connectivity index (χ4v) is 1.96. The van der Waals surface area contributed by atoms with Crippen molar-refractivity contribution in [2.24, 2.45) is 0 Å². The summed E-state index contributed by atoms with van der Waals surface area (Å²) >= 11 is 0. The zero-order chi connectivity index (χ0) is 11.0. The maximum Gasteiger partial charge on any atom is 0.150 e. The van der Waals surface area contributed by atoms with Crippen molar-refractivity contribution in [1.29, 1.82) is 0 Å². The molecule has 0 saturated carbocycles. The lowest BCUT2D eigenvalue weighted by Gasteiger charge is -2.02. The van der Waals surface area contributed by atoms with Crippen LogP contribution in [0.15, 0.2) is 48.5 Å². The molecule has 3 rings (SSSR count). The standard InChI is InChI=1S/C15H9O/c16-10-11-5-6-14-8-12-3-1-2-4-13(12)9-15(14)7-11/h1-2,4-10H. The second-order valence-corrected chi connectivity index (χ2v) is 3.83. The summed E-state index contributed by atoms with van der Waals surface area (Å²) in [5, 5.41) is 4.49. The van der Waals surface area contributed by atoms with Gasteiger partial charge in [0.05, 0.1) is 0 Å². The van der Waals surface area contributed by atoms with Gasteiger partial charge in [0, 0.05) is 5.56 Å². The van der Waals surface area contributed by atoms with Crippen LogP contribution in [0.5, 0.6) is 0 Å². The summed E-state index contributed by atoms with van der Waals surface area (Å²) in [7, 11) is 0. The van der Waals surface area contributed by atoms with Crippen LogP contribution in [-0.4, -0.2) is 6.29 Å². The number of hydrogen-bond acceptors (Lipinski definition) is 1. The van der Waals surface area contributed by atoms with Crippen LogP contribution in [0.1, 0.15) is 10.4 Å². The van der Waals surface area contributed by atoms with Gasteiger partial charge in [0.25, 0.3) is 0 Å². The summed E-state index contributed by atoms with van der Waals surface area (Å²) in [6, 6.07) is 19.0. The Bertz CT molecular complexity index is 683. The molecule has 0 aliphatic rings. The topological polar surface area (TPSA) is 17.1 Å². The first-order valence-corrected chi connectivity index (χ1v) is 5.16. The molecule has 0 bridgehead atoms. The van der Waals surface area contributed by atoms with E-state index in [0.717, 1.165) is 27.8 Å². The molecule has 1 nitrogen and oxygen atoms in total. The van der Waals surface area contributed by atoms with Gasteiger partial charge < -0.3 is 0 Å². The van der Waals surface area contributed by atoms with Crippen LogP contribution < -0.4 is 0 Å². The van der Waals surface area contributed by atoms with Crippen LogP contribution in [-0.2, 0) is 0 Å². The minimum absolute atomic E-state index is 0.715. The summed E-state index contributed by atoms with van der Waals surface area (Å²) in [5.74, 6) is 0. The quantitative estimate of drug-likeness (QED) is 0.438. The van der Waals surface area contributed by atoms with Crippen LogP contribution in [0.2, 0.25) is 0 Å². The molecule has 0 spiro atoms. The van der Waals surface area contributed by atoms with Crippen molar-refractivity contribution in [2.45, 2.75) is 0 Å². The molecule has 0 aliphatic heterocycles. The van der Waals surface area contributed by atoms with E-state index in [2.05, 4.69) is 24.3 Å². The Morgan fingerprint density at radius 1 is 0.938 bits per heavy atom. The first-order chi connectivity index (χ1) is 7.86. The molecule has 0 fully saturated rings. The molecular weight excluding hydrogens is 196 g/mol. The summed E-state index contributed by atoms with van der Waals surface area (Å²) in [4.78, 5) is 10.7. The normalized spacial score (nSPS) is 10.8. The predicted molar refractivity (Wildman–Crippen MR) is 65.7 cm³/mol. The molecule has 0 saturated heterocycles. The Morgan fingerprint density at radius 3 is 2.75 bits per heavy atom. The Labute approximate surface area is 93.3 Å². The van der Waals surface area contributed by atoms with Crippen LogP contribution in [0.3, 0.4) is 0 Å². The molecular formula is C15H9O. The third-order valence-corrected chi connectivity index (χ3v) is 2.78. The van der Waals surface area contributed by atoms with Crippen molar-refractivity contribution in [2.75, 3.05) is 0 Å². The van der Waals surface area contributed by atoms with E-state index >= 15 is 0 Å². The first-order valence-electron chi connectivity index (χ1n) is 5.16. The van der Waals surface area contributed by atoms with E-state index in [4.69, 9.17) is 0 Å². The maximum absolute atomic E-state index is 10.7. The van der Waals surface area contributed by atoms with Crippen LogP contribution in [0, 0.1) is 6.07 Å². The Morgan fingerprint density at radius 2 is 1.88 bits per heavy atom. The van der Waals surface area contributed by atoms with E-state index in [-0.39, 0.29) is 0 Å². The first kappa shape index (κ1) is 9.10. The molecule has 1 heteroatoms. The zero-order valence-electron chi connectivity index (χ0n) is 8.60. The second-order valence-electron chi connectivity index (χ2n) is 3.83. The number of carbonyl (C=O) groups excluding carboxylic acids is 1. The number of carbonyl (C=O) groups is 1. The molecule has 0 amide bonds. The number of rotatable bonds is 1. The average Bonchev–Trinajstić information content (AvgIpc) is 2.35. The Kier molecular flexibility index (Phi) is 1.97. The van der Waals surface area contributed by atoms with E-state index in [1.54, 1.807) is 0 Å². The van der Waals surface area contributed by atoms with Crippen molar-refractivity contribution in [3.8, 4) is 0 Å². The van der Waals surface area contributed by atoms with Gasteiger partial charge >= 0.3 is 0 Å².